The molecule has 1 aromatic carbocycles. The number of nitrogens with one attached hydrogen (secondary N) is 2. The highest BCUT2D eigenvalue weighted by Gasteiger charge is 2.28. The van der Waals surface area contributed by atoms with Crippen LogP contribution < -0.4 is 10.0 Å². The summed E-state index contributed by atoms with van der Waals surface area (Å²) in [5.41, 5.74) is 0.297. The van der Waals surface area contributed by atoms with Gasteiger partial charge in [-0.05, 0) is 43.2 Å². The quantitative estimate of drug-likeness (QED) is 0.847. The van der Waals surface area contributed by atoms with Gasteiger partial charge in [0.25, 0.3) is 5.91 Å². The van der Waals surface area contributed by atoms with Crippen LogP contribution in [0.2, 0.25) is 0 Å². The number of hydrogen-bond acceptors (Lipinski definition) is 4. The van der Waals surface area contributed by atoms with Gasteiger partial charge in [0.2, 0.25) is 10.0 Å². The molecule has 0 spiro atoms. The molecule has 1 amide bonds. The lowest BCUT2D eigenvalue weighted by atomic mass is 10.2. The third-order valence-electron chi connectivity index (χ3n) is 3.31. The molecule has 0 atom stereocenters. The van der Waals surface area contributed by atoms with Gasteiger partial charge in [0.1, 0.15) is 5.76 Å². The minimum atomic E-state index is -3.56. The third kappa shape index (κ3) is 3.55. The van der Waals surface area contributed by atoms with Crippen molar-refractivity contribution < 1.29 is 17.6 Å². The zero-order valence-corrected chi connectivity index (χ0v) is 12.6. The number of hydrogen-bond donors (Lipinski definition) is 2. The smallest absolute Gasteiger partial charge is 0.251 e. The van der Waals surface area contributed by atoms with E-state index in [-0.39, 0.29) is 23.4 Å². The molecule has 0 unspecified atom stereocenters. The molecule has 1 saturated carbocycles. The molecule has 7 heteroatoms. The lowest BCUT2D eigenvalue weighted by Crippen LogP contribution is -2.27. The van der Waals surface area contributed by atoms with Crippen LogP contribution in [0.15, 0.2) is 52.0 Å². The topological polar surface area (TPSA) is 88.4 Å². The Morgan fingerprint density at radius 1 is 1.23 bits per heavy atom. The minimum absolute atomic E-state index is 0.0291. The standard InChI is InChI=1S/C15H16N2O4S/c18-15(16-10-13-4-2-8-21-13)11-3-1-5-14(9-11)22(19,20)17-12-6-7-12/h1-5,8-9,12,17H,6-7,10H2,(H,16,18). The molecule has 1 fully saturated rings. The summed E-state index contributed by atoms with van der Waals surface area (Å²) in [6.45, 7) is 0.253. The number of rotatable bonds is 6. The van der Waals surface area contributed by atoms with Crippen LogP contribution in [-0.2, 0) is 16.6 Å². The van der Waals surface area contributed by atoms with Crippen molar-refractivity contribution in [1.82, 2.24) is 10.0 Å². The predicted molar refractivity (Wildman–Crippen MR) is 79.7 cm³/mol. The van der Waals surface area contributed by atoms with Crippen molar-refractivity contribution in [2.45, 2.75) is 30.3 Å². The summed E-state index contributed by atoms with van der Waals surface area (Å²) < 4.78 is 32.0. The zero-order valence-electron chi connectivity index (χ0n) is 11.8. The lowest BCUT2D eigenvalue weighted by molar-refractivity contribution is 0.0948. The second kappa shape index (κ2) is 5.94. The monoisotopic (exact) mass is 320 g/mol. The van der Waals surface area contributed by atoms with Gasteiger partial charge in [-0.25, -0.2) is 13.1 Å². The molecule has 0 saturated heterocycles. The van der Waals surface area contributed by atoms with Crippen molar-refractivity contribution >= 4 is 15.9 Å². The molecule has 2 aromatic rings. The van der Waals surface area contributed by atoms with E-state index in [1.54, 1.807) is 24.3 Å². The van der Waals surface area contributed by atoms with Gasteiger partial charge < -0.3 is 9.73 Å². The summed E-state index contributed by atoms with van der Waals surface area (Å²) in [7, 11) is -3.56. The van der Waals surface area contributed by atoms with Gasteiger partial charge in [0.05, 0.1) is 17.7 Å². The zero-order chi connectivity index (χ0) is 15.6. The molecular weight excluding hydrogens is 304 g/mol. The number of benzene rings is 1. The van der Waals surface area contributed by atoms with E-state index in [0.29, 0.717) is 11.3 Å². The molecular formula is C15H16N2O4S. The Kier molecular flexibility index (Phi) is 4.00. The van der Waals surface area contributed by atoms with Crippen LogP contribution in [0.25, 0.3) is 0 Å². The van der Waals surface area contributed by atoms with E-state index in [1.807, 2.05) is 0 Å². The van der Waals surface area contributed by atoms with Gasteiger partial charge in [0.15, 0.2) is 0 Å². The molecule has 22 heavy (non-hydrogen) atoms. The molecule has 1 aliphatic rings. The number of carbonyl (C=O) groups is 1. The second-order valence-electron chi connectivity index (χ2n) is 5.19. The van der Waals surface area contributed by atoms with Crippen LogP contribution in [0.4, 0.5) is 0 Å². The molecule has 0 bridgehead atoms. The predicted octanol–water partition coefficient (Wildman–Crippen LogP) is 1.65. The first kappa shape index (κ1) is 14.8. The molecule has 116 valence electrons. The van der Waals surface area contributed by atoms with Crippen molar-refractivity contribution in [1.29, 1.82) is 0 Å². The Hall–Kier alpha value is -2.12. The first-order chi connectivity index (χ1) is 10.5. The Morgan fingerprint density at radius 2 is 2.05 bits per heavy atom. The first-order valence-corrected chi connectivity index (χ1v) is 8.46. The van der Waals surface area contributed by atoms with E-state index in [4.69, 9.17) is 4.42 Å². The van der Waals surface area contributed by atoms with Gasteiger partial charge in [-0.2, -0.15) is 0 Å². The van der Waals surface area contributed by atoms with Crippen LogP contribution in [0, 0.1) is 0 Å². The van der Waals surface area contributed by atoms with Crippen molar-refractivity contribution in [3.05, 3.63) is 54.0 Å². The summed E-state index contributed by atoms with van der Waals surface area (Å²) in [5.74, 6) is 0.285. The number of sulfonamides is 1. The number of carbonyl (C=O) groups excluding carboxylic acids is 1. The van der Waals surface area contributed by atoms with Gasteiger partial charge >= 0.3 is 0 Å². The average molecular weight is 320 g/mol. The minimum Gasteiger partial charge on any atom is -0.467 e. The van der Waals surface area contributed by atoms with E-state index >= 15 is 0 Å². The fraction of sp³-hybridized carbons (Fsp3) is 0.267. The Labute approximate surface area is 128 Å². The van der Waals surface area contributed by atoms with Gasteiger partial charge in [0, 0.05) is 11.6 Å². The van der Waals surface area contributed by atoms with E-state index in [1.165, 1.54) is 18.4 Å². The molecule has 2 N–H and O–H groups in total. The average Bonchev–Trinajstić information content (AvgIpc) is 3.15. The van der Waals surface area contributed by atoms with Gasteiger partial charge in [-0.1, -0.05) is 6.07 Å². The van der Waals surface area contributed by atoms with Crippen molar-refractivity contribution in [2.24, 2.45) is 0 Å². The first-order valence-electron chi connectivity index (χ1n) is 6.97. The van der Waals surface area contributed by atoms with Crippen LogP contribution in [0.3, 0.4) is 0 Å². The molecule has 6 nitrogen and oxygen atoms in total. The van der Waals surface area contributed by atoms with Crippen LogP contribution >= 0.6 is 0 Å². The molecule has 0 aliphatic heterocycles. The van der Waals surface area contributed by atoms with E-state index in [2.05, 4.69) is 10.0 Å². The normalized spacial score (nSPS) is 14.7. The van der Waals surface area contributed by atoms with E-state index < -0.39 is 10.0 Å². The molecule has 1 aromatic heterocycles. The summed E-state index contributed by atoms with van der Waals surface area (Å²) in [4.78, 5) is 12.2. The molecule has 0 radical (unpaired) electrons. The summed E-state index contributed by atoms with van der Waals surface area (Å²) in [6, 6.07) is 9.51. The van der Waals surface area contributed by atoms with Gasteiger partial charge in [-0.15, -0.1) is 0 Å². The van der Waals surface area contributed by atoms with Crippen molar-refractivity contribution in [3.8, 4) is 0 Å². The summed E-state index contributed by atoms with van der Waals surface area (Å²) in [6.07, 6.45) is 3.25. The molecule has 1 aliphatic carbocycles. The maximum atomic E-state index is 12.1. The third-order valence-corrected chi connectivity index (χ3v) is 4.83. The lowest BCUT2D eigenvalue weighted by Gasteiger charge is -2.08. The fourth-order valence-electron chi connectivity index (χ4n) is 1.98. The number of amides is 1. The molecule has 1 heterocycles. The van der Waals surface area contributed by atoms with Crippen molar-refractivity contribution in [3.63, 3.8) is 0 Å². The SMILES string of the molecule is O=C(NCc1ccco1)c1cccc(S(=O)(=O)NC2CC2)c1. The molecule has 3 rings (SSSR count). The highest BCUT2D eigenvalue weighted by molar-refractivity contribution is 7.89. The maximum absolute atomic E-state index is 12.1. The second-order valence-corrected chi connectivity index (χ2v) is 6.90. The largest absolute Gasteiger partial charge is 0.467 e. The Bertz CT molecular complexity index is 765. The van der Waals surface area contributed by atoms with Gasteiger partial charge in [-0.3, -0.25) is 4.79 Å². The Morgan fingerprint density at radius 3 is 2.73 bits per heavy atom. The van der Waals surface area contributed by atoms with Crippen LogP contribution in [0.1, 0.15) is 29.0 Å². The maximum Gasteiger partial charge on any atom is 0.251 e. The van der Waals surface area contributed by atoms with E-state index in [9.17, 15) is 13.2 Å². The van der Waals surface area contributed by atoms with E-state index in [0.717, 1.165) is 12.8 Å². The number of furan rings is 1. The highest BCUT2D eigenvalue weighted by atomic mass is 32.2. The highest BCUT2D eigenvalue weighted by Crippen LogP contribution is 2.22. The van der Waals surface area contributed by atoms with Crippen LogP contribution in [0.5, 0.6) is 0 Å². The van der Waals surface area contributed by atoms with Crippen molar-refractivity contribution in [2.75, 3.05) is 0 Å². The van der Waals surface area contributed by atoms with Crippen LogP contribution in [-0.4, -0.2) is 20.4 Å². The fourth-order valence-corrected chi connectivity index (χ4v) is 3.33. The summed E-state index contributed by atoms with van der Waals surface area (Å²) >= 11 is 0. The Balaban J connectivity index is 1.71. The summed E-state index contributed by atoms with van der Waals surface area (Å²) in [5, 5.41) is 2.69.